The summed E-state index contributed by atoms with van der Waals surface area (Å²) in [6, 6.07) is 7.32. The average molecular weight is 259 g/mol. The maximum Gasteiger partial charge on any atom is 0.0104 e. The monoisotopic (exact) mass is 259 g/mol. The molecule has 1 saturated carbocycles. The third kappa shape index (κ3) is 1.81. The molecule has 2 heteroatoms. The molecule has 1 aromatic rings. The van der Waals surface area contributed by atoms with E-state index in [2.05, 4.69) is 23.5 Å². The Hall–Kier alpha value is -0.470. The summed E-state index contributed by atoms with van der Waals surface area (Å²) in [6.07, 6.45) is 6.94. The molecule has 96 valence electrons. The van der Waals surface area contributed by atoms with E-state index in [4.69, 9.17) is 0 Å². The summed E-state index contributed by atoms with van der Waals surface area (Å²) in [5.74, 6) is 2.15. The third-order valence-corrected chi connectivity index (χ3v) is 6.31. The molecule has 0 amide bonds. The van der Waals surface area contributed by atoms with E-state index in [1.165, 1.54) is 50.9 Å². The first-order chi connectivity index (χ1) is 8.85. The molecule has 1 aliphatic carbocycles. The lowest BCUT2D eigenvalue weighted by Crippen LogP contribution is -2.51. The van der Waals surface area contributed by atoms with Crippen LogP contribution in [0.4, 0.5) is 0 Å². The number of fused-ring (bicyclic) bond motifs is 1. The Bertz CT molecular complexity index is 464. The molecule has 1 atom stereocenters. The molecule has 3 aliphatic rings. The van der Waals surface area contributed by atoms with Crippen LogP contribution in [0.2, 0.25) is 0 Å². The van der Waals surface area contributed by atoms with Gasteiger partial charge in [-0.3, -0.25) is 0 Å². The van der Waals surface area contributed by atoms with E-state index in [1.54, 1.807) is 16.0 Å². The minimum atomic E-state index is 0.676. The zero-order chi connectivity index (χ0) is 12.0. The Kier molecular flexibility index (Phi) is 2.70. The number of nitrogens with one attached hydrogen (secondary N) is 1. The molecule has 0 bridgehead atoms. The molecule has 1 spiro atoms. The normalized spacial score (nSPS) is 29.0. The van der Waals surface area contributed by atoms with Gasteiger partial charge in [0.05, 0.1) is 0 Å². The van der Waals surface area contributed by atoms with Gasteiger partial charge in [-0.1, -0.05) is 12.1 Å². The van der Waals surface area contributed by atoms with Crippen LogP contribution in [0, 0.1) is 5.41 Å². The van der Waals surface area contributed by atoms with E-state index in [0.717, 1.165) is 5.92 Å². The maximum absolute atomic E-state index is 3.46. The van der Waals surface area contributed by atoms with Crippen LogP contribution in [0.15, 0.2) is 23.1 Å². The third-order valence-electron chi connectivity index (χ3n) is 5.11. The second-order valence-electron chi connectivity index (χ2n) is 6.36. The van der Waals surface area contributed by atoms with Gasteiger partial charge in [0.2, 0.25) is 0 Å². The van der Waals surface area contributed by atoms with Crippen LogP contribution in [0.3, 0.4) is 0 Å². The first-order valence-corrected chi connectivity index (χ1v) is 8.30. The molecule has 1 N–H and O–H groups in total. The summed E-state index contributed by atoms with van der Waals surface area (Å²) in [6.45, 7) is 2.54. The van der Waals surface area contributed by atoms with Gasteiger partial charge in [-0.15, -0.1) is 11.8 Å². The molecule has 18 heavy (non-hydrogen) atoms. The second-order valence-corrected chi connectivity index (χ2v) is 7.50. The van der Waals surface area contributed by atoms with Gasteiger partial charge in [0.25, 0.3) is 0 Å². The maximum atomic E-state index is 3.46. The number of aryl methyl sites for hydroxylation is 1. The zero-order valence-electron chi connectivity index (χ0n) is 10.9. The zero-order valence-corrected chi connectivity index (χ0v) is 11.7. The fourth-order valence-electron chi connectivity index (χ4n) is 3.93. The number of hydrogen-bond donors (Lipinski definition) is 1. The average Bonchev–Trinajstić information content (AvgIpc) is 2.83. The van der Waals surface area contributed by atoms with Gasteiger partial charge in [-0.25, -0.2) is 0 Å². The van der Waals surface area contributed by atoms with Gasteiger partial charge in [-0.05, 0) is 66.4 Å². The summed E-state index contributed by atoms with van der Waals surface area (Å²) < 4.78 is 0. The van der Waals surface area contributed by atoms with Gasteiger partial charge in [-0.2, -0.15) is 0 Å². The van der Waals surface area contributed by atoms with Crippen LogP contribution in [0.1, 0.15) is 42.7 Å². The summed E-state index contributed by atoms with van der Waals surface area (Å²) in [4.78, 5) is 1.54. The van der Waals surface area contributed by atoms with Gasteiger partial charge >= 0.3 is 0 Å². The molecule has 1 saturated heterocycles. The first kappa shape index (κ1) is 11.4. The van der Waals surface area contributed by atoms with Crippen LogP contribution in [0.25, 0.3) is 0 Å². The van der Waals surface area contributed by atoms with Gasteiger partial charge in [0.15, 0.2) is 0 Å². The van der Waals surface area contributed by atoms with Crippen LogP contribution in [-0.4, -0.2) is 18.8 Å². The van der Waals surface area contributed by atoms with Crippen LogP contribution < -0.4 is 5.32 Å². The SMILES string of the molecule is c1cc2c(cc1C1CCC3(CNC3)C1)CCCS2. The highest BCUT2D eigenvalue weighted by atomic mass is 32.2. The van der Waals surface area contributed by atoms with E-state index in [-0.39, 0.29) is 0 Å². The van der Waals surface area contributed by atoms with Crippen molar-refractivity contribution < 1.29 is 0 Å². The summed E-state index contributed by atoms with van der Waals surface area (Å²) in [5.41, 5.74) is 3.92. The number of rotatable bonds is 1. The predicted octanol–water partition coefficient (Wildman–Crippen LogP) is 3.58. The molecule has 2 fully saturated rings. The first-order valence-electron chi connectivity index (χ1n) is 7.31. The van der Waals surface area contributed by atoms with Crippen molar-refractivity contribution in [3.63, 3.8) is 0 Å². The lowest BCUT2D eigenvalue weighted by atomic mass is 9.79. The van der Waals surface area contributed by atoms with Crippen molar-refractivity contribution in [2.24, 2.45) is 5.41 Å². The second kappa shape index (κ2) is 4.28. The Morgan fingerprint density at radius 1 is 1.28 bits per heavy atom. The molecule has 1 aromatic carbocycles. The fraction of sp³-hybridized carbons (Fsp3) is 0.625. The van der Waals surface area contributed by atoms with Crippen molar-refractivity contribution in [1.82, 2.24) is 5.32 Å². The Morgan fingerprint density at radius 3 is 3.00 bits per heavy atom. The topological polar surface area (TPSA) is 12.0 Å². The Balaban J connectivity index is 1.58. The summed E-state index contributed by atoms with van der Waals surface area (Å²) in [5, 5.41) is 3.46. The smallest absolute Gasteiger partial charge is 0.0104 e. The highest BCUT2D eigenvalue weighted by Gasteiger charge is 2.43. The van der Waals surface area contributed by atoms with E-state index >= 15 is 0 Å². The minimum absolute atomic E-state index is 0.676. The quantitative estimate of drug-likeness (QED) is 0.827. The van der Waals surface area contributed by atoms with Crippen LogP contribution >= 0.6 is 11.8 Å². The molecule has 4 rings (SSSR count). The lowest BCUT2D eigenvalue weighted by molar-refractivity contribution is 0.175. The van der Waals surface area contributed by atoms with Crippen molar-refractivity contribution in [2.45, 2.75) is 42.9 Å². The molecular weight excluding hydrogens is 238 g/mol. The molecule has 2 aliphatic heterocycles. The van der Waals surface area contributed by atoms with Crippen LogP contribution in [0.5, 0.6) is 0 Å². The van der Waals surface area contributed by atoms with Crippen molar-refractivity contribution >= 4 is 11.8 Å². The van der Waals surface area contributed by atoms with Gasteiger partial charge in [0.1, 0.15) is 0 Å². The summed E-state index contributed by atoms with van der Waals surface area (Å²) >= 11 is 2.05. The standard InChI is InChI=1S/C16H21NS/c1-2-13-8-12(3-4-15(13)18-7-1)14-5-6-16(9-14)10-17-11-16/h3-4,8,14,17H,1-2,5-7,9-11H2. The number of thioether (sulfide) groups is 1. The van der Waals surface area contributed by atoms with Crippen LogP contribution in [-0.2, 0) is 6.42 Å². The van der Waals surface area contributed by atoms with Gasteiger partial charge < -0.3 is 5.32 Å². The highest BCUT2D eigenvalue weighted by Crippen LogP contribution is 2.49. The Labute approximate surface area is 114 Å². The minimum Gasteiger partial charge on any atom is -0.316 e. The van der Waals surface area contributed by atoms with E-state index in [9.17, 15) is 0 Å². The molecule has 2 heterocycles. The summed E-state index contributed by atoms with van der Waals surface area (Å²) in [7, 11) is 0. The Morgan fingerprint density at radius 2 is 2.22 bits per heavy atom. The van der Waals surface area contributed by atoms with E-state index in [1.807, 2.05) is 11.8 Å². The predicted molar refractivity (Wildman–Crippen MR) is 77.4 cm³/mol. The van der Waals surface area contributed by atoms with Crippen molar-refractivity contribution in [1.29, 1.82) is 0 Å². The van der Waals surface area contributed by atoms with Gasteiger partial charge in [0, 0.05) is 18.0 Å². The molecule has 0 radical (unpaired) electrons. The molecular formula is C16H21NS. The number of hydrogen-bond acceptors (Lipinski definition) is 2. The van der Waals surface area contributed by atoms with E-state index in [0.29, 0.717) is 5.41 Å². The fourth-order valence-corrected chi connectivity index (χ4v) is 4.94. The molecule has 0 aromatic heterocycles. The van der Waals surface area contributed by atoms with Crippen molar-refractivity contribution in [2.75, 3.05) is 18.8 Å². The molecule has 1 unspecified atom stereocenters. The lowest BCUT2D eigenvalue weighted by Gasteiger charge is -2.39. The highest BCUT2D eigenvalue weighted by molar-refractivity contribution is 7.99. The van der Waals surface area contributed by atoms with E-state index < -0.39 is 0 Å². The largest absolute Gasteiger partial charge is 0.316 e. The van der Waals surface area contributed by atoms with Crippen molar-refractivity contribution in [3.05, 3.63) is 29.3 Å². The molecule has 1 nitrogen and oxygen atoms in total. The van der Waals surface area contributed by atoms with Crippen molar-refractivity contribution in [3.8, 4) is 0 Å². The number of benzene rings is 1.